The van der Waals surface area contributed by atoms with Gasteiger partial charge in [0.15, 0.2) is 5.11 Å². The Morgan fingerprint density at radius 2 is 1.96 bits per heavy atom. The van der Waals surface area contributed by atoms with Crippen LogP contribution < -0.4 is 15.4 Å². The standard InChI is InChI=1S/C19H22N2O2S/c1-4-14(3)23-17-10-6-8-15(12-17)18(22)21-19(24)20-16-9-5-7-13(2)11-16/h5-12,14H,4H2,1-3H3,(H2,20,21,22,24). The first-order chi connectivity index (χ1) is 11.5. The molecule has 2 aromatic carbocycles. The predicted octanol–water partition coefficient (Wildman–Crippen LogP) is 4.30. The van der Waals surface area contributed by atoms with Crippen LogP contribution in [0.15, 0.2) is 48.5 Å². The van der Waals surface area contributed by atoms with Gasteiger partial charge in [-0.1, -0.05) is 25.1 Å². The third kappa shape index (κ3) is 5.35. The first-order valence-electron chi connectivity index (χ1n) is 7.93. The molecule has 0 saturated heterocycles. The Labute approximate surface area is 148 Å². The van der Waals surface area contributed by atoms with Crippen molar-refractivity contribution in [1.82, 2.24) is 5.32 Å². The summed E-state index contributed by atoms with van der Waals surface area (Å²) in [5.41, 5.74) is 2.46. The number of carbonyl (C=O) groups excluding carboxylic acids is 1. The highest BCUT2D eigenvalue weighted by Gasteiger charge is 2.10. The van der Waals surface area contributed by atoms with Crippen molar-refractivity contribution in [3.8, 4) is 5.75 Å². The highest BCUT2D eigenvalue weighted by molar-refractivity contribution is 7.80. The number of hydrogen-bond donors (Lipinski definition) is 2. The van der Waals surface area contributed by atoms with E-state index in [1.165, 1.54) is 0 Å². The van der Waals surface area contributed by atoms with E-state index in [1.54, 1.807) is 18.2 Å². The summed E-state index contributed by atoms with van der Waals surface area (Å²) in [7, 11) is 0. The minimum Gasteiger partial charge on any atom is -0.491 e. The number of anilines is 1. The summed E-state index contributed by atoms with van der Waals surface area (Å²) >= 11 is 5.20. The van der Waals surface area contributed by atoms with Crippen LogP contribution in [0.1, 0.15) is 36.2 Å². The molecule has 0 aliphatic rings. The van der Waals surface area contributed by atoms with Gasteiger partial charge in [-0.2, -0.15) is 0 Å². The Morgan fingerprint density at radius 3 is 2.67 bits per heavy atom. The van der Waals surface area contributed by atoms with Crippen molar-refractivity contribution in [2.45, 2.75) is 33.3 Å². The lowest BCUT2D eigenvalue weighted by atomic mass is 10.2. The van der Waals surface area contributed by atoms with Crippen molar-refractivity contribution >= 4 is 28.9 Å². The van der Waals surface area contributed by atoms with Gasteiger partial charge in [-0.05, 0) is 68.4 Å². The number of amides is 1. The molecule has 1 atom stereocenters. The van der Waals surface area contributed by atoms with Gasteiger partial charge in [-0.25, -0.2) is 0 Å². The lowest BCUT2D eigenvalue weighted by molar-refractivity contribution is 0.0977. The van der Waals surface area contributed by atoms with Crippen molar-refractivity contribution < 1.29 is 9.53 Å². The first kappa shape index (κ1) is 17.9. The highest BCUT2D eigenvalue weighted by Crippen LogP contribution is 2.16. The zero-order chi connectivity index (χ0) is 17.5. The molecule has 0 bridgehead atoms. The van der Waals surface area contributed by atoms with Crippen LogP contribution in [0.4, 0.5) is 5.69 Å². The second-order valence-electron chi connectivity index (χ2n) is 5.64. The SMILES string of the molecule is CCC(C)Oc1cccc(C(=O)NC(=S)Nc2cccc(C)c2)c1. The third-order valence-corrected chi connectivity index (χ3v) is 3.72. The zero-order valence-electron chi connectivity index (χ0n) is 14.1. The molecule has 126 valence electrons. The summed E-state index contributed by atoms with van der Waals surface area (Å²) < 4.78 is 5.74. The molecule has 1 unspecified atom stereocenters. The average molecular weight is 342 g/mol. The van der Waals surface area contributed by atoms with E-state index < -0.39 is 0 Å². The van der Waals surface area contributed by atoms with Crippen LogP contribution in [-0.4, -0.2) is 17.1 Å². The van der Waals surface area contributed by atoms with Gasteiger partial charge >= 0.3 is 0 Å². The fourth-order valence-corrected chi connectivity index (χ4v) is 2.30. The Kier molecular flexibility index (Phi) is 6.32. The fraction of sp³-hybridized carbons (Fsp3) is 0.263. The topological polar surface area (TPSA) is 50.4 Å². The van der Waals surface area contributed by atoms with Crippen molar-refractivity contribution in [3.05, 3.63) is 59.7 Å². The summed E-state index contributed by atoms with van der Waals surface area (Å²) in [6.07, 6.45) is 1.01. The van der Waals surface area contributed by atoms with Gasteiger partial charge < -0.3 is 10.1 Å². The van der Waals surface area contributed by atoms with Crippen LogP contribution in [0, 0.1) is 6.92 Å². The number of ether oxygens (including phenoxy) is 1. The first-order valence-corrected chi connectivity index (χ1v) is 8.34. The zero-order valence-corrected chi connectivity index (χ0v) is 14.9. The summed E-state index contributed by atoms with van der Waals surface area (Å²) in [4.78, 5) is 12.3. The average Bonchev–Trinajstić information content (AvgIpc) is 2.54. The van der Waals surface area contributed by atoms with E-state index in [1.807, 2.05) is 44.2 Å². The molecular formula is C19H22N2O2S. The number of benzene rings is 2. The molecule has 0 aliphatic heterocycles. The maximum Gasteiger partial charge on any atom is 0.257 e. The Hall–Kier alpha value is -2.40. The van der Waals surface area contributed by atoms with E-state index in [0.29, 0.717) is 11.3 Å². The molecule has 24 heavy (non-hydrogen) atoms. The van der Waals surface area contributed by atoms with E-state index >= 15 is 0 Å². The van der Waals surface area contributed by atoms with Crippen LogP contribution in [0.25, 0.3) is 0 Å². The largest absolute Gasteiger partial charge is 0.491 e. The van der Waals surface area contributed by atoms with E-state index in [4.69, 9.17) is 17.0 Å². The Balaban J connectivity index is 1.98. The van der Waals surface area contributed by atoms with E-state index in [-0.39, 0.29) is 17.1 Å². The Bertz CT molecular complexity index is 731. The lowest BCUT2D eigenvalue weighted by Gasteiger charge is -2.14. The number of rotatable bonds is 5. The van der Waals surface area contributed by atoms with Crippen molar-refractivity contribution in [1.29, 1.82) is 0 Å². The summed E-state index contributed by atoms with van der Waals surface area (Å²) in [6.45, 7) is 6.04. The van der Waals surface area contributed by atoms with Crippen molar-refractivity contribution in [2.24, 2.45) is 0 Å². The second kappa shape index (κ2) is 8.45. The number of aryl methyl sites for hydroxylation is 1. The van der Waals surface area contributed by atoms with Gasteiger partial charge in [0, 0.05) is 11.3 Å². The molecule has 0 aromatic heterocycles. The quantitative estimate of drug-likeness (QED) is 0.796. The van der Waals surface area contributed by atoms with Crippen LogP contribution in [0.3, 0.4) is 0 Å². The van der Waals surface area contributed by atoms with Gasteiger partial charge in [0.25, 0.3) is 5.91 Å². The molecular weight excluding hydrogens is 320 g/mol. The molecule has 2 rings (SSSR count). The lowest BCUT2D eigenvalue weighted by Crippen LogP contribution is -2.34. The molecule has 4 nitrogen and oxygen atoms in total. The fourth-order valence-electron chi connectivity index (χ4n) is 2.09. The summed E-state index contributed by atoms with van der Waals surface area (Å²) in [6, 6.07) is 14.9. The van der Waals surface area contributed by atoms with Gasteiger partial charge in [-0.3, -0.25) is 10.1 Å². The van der Waals surface area contributed by atoms with Gasteiger partial charge in [0.05, 0.1) is 6.10 Å². The van der Waals surface area contributed by atoms with Crippen LogP contribution in [0.2, 0.25) is 0 Å². The summed E-state index contributed by atoms with van der Waals surface area (Å²) in [5.74, 6) is 0.407. The smallest absolute Gasteiger partial charge is 0.257 e. The van der Waals surface area contributed by atoms with Gasteiger partial charge in [0.1, 0.15) is 5.75 Å². The monoisotopic (exact) mass is 342 g/mol. The maximum absolute atomic E-state index is 12.3. The van der Waals surface area contributed by atoms with E-state index in [0.717, 1.165) is 17.7 Å². The molecule has 2 aromatic rings. The normalized spacial score (nSPS) is 11.5. The molecule has 0 spiro atoms. The van der Waals surface area contributed by atoms with Crippen molar-refractivity contribution in [3.63, 3.8) is 0 Å². The van der Waals surface area contributed by atoms with Gasteiger partial charge in [0.2, 0.25) is 0 Å². The Morgan fingerprint density at radius 1 is 1.21 bits per heavy atom. The third-order valence-electron chi connectivity index (χ3n) is 3.51. The molecule has 2 N–H and O–H groups in total. The van der Waals surface area contributed by atoms with E-state index in [9.17, 15) is 4.79 Å². The van der Waals surface area contributed by atoms with Gasteiger partial charge in [-0.15, -0.1) is 0 Å². The van der Waals surface area contributed by atoms with Crippen LogP contribution in [0.5, 0.6) is 5.75 Å². The molecule has 0 fully saturated rings. The number of carbonyl (C=O) groups is 1. The number of thiocarbonyl (C=S) groups is 1. The number of hydrogen-bond acceptors (Lipinski definition) is 3. The van der Waals surface area contributed by atoms with Crippen molar-refractivity contribution in [2.75, 3.05) is 5.32 Å². The molecule has 1 amide bonds. The maximum atomic E-state index is 12.3. The molecule has 5 heteroatoms. The molecule has 0 radical (unpaired) electrons. The van der Waals surface area contributed by atoms with E-state index in [2.05, 4.69) is 17.6 Å². The van der Waals surface area contributed by atoms with Crippen LogP contribution >= 0.6 is 12.2 Å². The van der Waals surface area contributed by atoms with Crippen LogP contribution in [-0.2, 0) is 0 Å². The molecule has 0 aliphatic carbocycles. The second-order valence-corrected chi connectivity index (χ2v) is 6.05. The minimum atomic E-state index is -0.269. The molecule has 0 heterocycles. The predicted molar refractivity (Wildman–Crippen MR) is 102 cm³/mol. The molecule has 0 saturated carbocycles. The summed E-state index contributed by atoms with van der Waals surface area (Å²) in [5, 5.41) is 5.95. The highest BCUT2D eigenvalue weighted by atomic mass is 32.1. The minimum absolute atomic E-state index is 0.104. The number of nitrogens with one attached hydrogen (secondary N) is 2.